The number of allylic oxidation sites excluding steroid dienone is 2. The van der Waals surface area contributed by atoms with Crippen LogP contribution in [0, 0.1) is 10.1 Å². The maximum Gasteiger partial charge on any atom is 0.242 e. The summed E-state index contributed by atoms with van der Waals surface area (Å²) >= 11 is 0. The first-order chi connectivity index (χ1) is 5.22. The molecule has 64 valence electrons. The van der Waals surface area contributed by atoms with Crippen molar-refractivity contribution in [3.8, 4) is 0 Å². The zero-order valence-electron chi connectivity index (χ0n) is 7.17. The molecule has 3 nitrogen and oxygen atoms in total. The third kappa shape index (κ3) is 4.53. The molecule has 0 bridgehead atoms. The van der Waals surface area contributed by atoms with Gasteiger partial charge in [0.1, 0.15) is 0 Å². The molecule has 0 aromatic carbocycles. The molecule has 0 aliphatic rings. The predicted molar refractivity (Wildman–Crippen MR) is 44.9 cm³/mol. The lowest BCUT2D eigenvalue weighted by Gasteiger charge is -1.94. The van der Waals surface area contributed by atoms with Crippen LogP contribution in [0.4, 0.5) is 0 Å². The van der Waals surface area contributed by atoms with Crippen molar-refractivity contribution in [1.29, 1.82) is 0 Å². The van der Waals surface area contributed by atoms with Crippen molar-refractivity contribution in [1.82, 2.24) is 0 Å². The van der Waals surface area contributed by atoms with Crippen molar-refractivity contribution in [2.75, 3.05) is 0 Å². The summed E-state index contributed by atoms with van der Waals surface area (Å²) in [6, 6.07) is 0. The Morgan fingerprint density at radius 3 is 2.45 bits per heavy atom. The first kappa shape index (κ1) is 10.1. The highest BCUT2D eigenvalue weighted by molar-refractivity contribution is 4.90. The Balaban J connectivity index is 3.97. The van der Waals surface area contributed by atoms with E-state index in [1.165, 1.54) is 0 Å². The van der Waals surface area contributed by atoms with E-state index in [1.807, 2.05) is 13.8 Å². The van der Waals surface area contributed by atoms with E-state index in [0.717, 1.165) is 19.3 Å². The van der Waals surface area contributed by atoms with Crippen LogP contribution in [0.25, 0.3) is 0 Å². The van der Waals surface area contributed by atoms with Crippen molar-refractivity contribution in [3.05, 3.63) is 21.9 Å². The van der Waals surface area contributed by atoms with Crippen molar-refractivity contribution in [2.24, 2.45) is 0 Å². The maximum atomic E-state index is 10.3. The van der Waals surface area contributed by atoms with E-state index in [0.29, 0.717) is 12.1 Å². The Morgan fingerprint density at radius 2 is 2.09 bits per heavy atom. The molecule has 0 aromatic rings. The summed E-state index contributed by atoms with van der Waals surface area (Å²) in [6.45, 7) is 3.96. The molecule has 0 saturated carbocycles. The summed E-state index contributed by atoms with van der Waals surface area (Å²) in [5, 5.41) is 10.3. The second-order valence-electron chi connectivity index (χ2n) is 2.49. The fourth-order valence-corrected chi connectivity index (χ4v) is 0.835. The molecular weight excluding hydrogens is 142 g/mol. The standard InChI is InChI=1S/C8H15NO2/c1-3-5-7-8(6-4-2)9(10)11/h7H,3-6H2,1-2H3/b8-7+. The topological polar surface area (TPSA) is 43.1 Å². The fraction of sp³-hybridized carbons (Fsp3) is 0.750. The summed E-state index contributed by atoms with van der Waals surface area (Å²) in [5.41, 5.74) is 0.370. The SMILES string of the molecule is CCC/C=C(\CCC)[N+](=O)[O-]. The van der Waals surface area contributed by atoms with Crippen LogP contribution in [0.15, 0.2) is 11.8 Å². The first-order valence-electron chi connectivity index (χ1n) is 4.05. The molecule has 0 rings (SSSR count). The van der Waals surface area contributed by atoms with Gasteiger partial charge in [0.05, 0.1) is 4.92 Å². The van der Waals surface area contributed by atoms with E-state index in [1.54, 1.807) is 6.08 Å². The van der Waals surface area contributed by atoms with Crippen LogP contribution in [-0.4, -0.2) is 4.92 Å². The average Bonchev–Trinajstić information content (AvgIpc) is 1.97. The zero-order chi connectivity index (χ0) is 8.69. The maximum absolute atomic E-state index is 10.3. The van der Waals surface area contributed by atoms with Crippen LogP contribution >= 0.6 is 0 Å². The predicted octanol–water partition coefficient (Wildman–Crippen LogP) is 2.75. The highest BCUT2D eigenvalue weighted by atomic mass is 16.6. The van der Waals surface area contributed by atoms with Gasteiger partial charge in [-0.1, -0.05) is 20.3 Å². The van der Waals surface area contributed by atoms with Crippen molar-refractivity contribution in [2.45, 2.75) is 39.5 Å². The molecule has 0 radical (unpaired) electrons. The molecule has 0 aromatic heterocycles. The minimum absolute atomic E-state index is 0.279. The molecule has 0 aliphatic heterocycles. The largest absolute Gasteiger partial charge is 0.259 e. The van der Waals surface area contributed by atoms with E-state index >= 15 is 0 Å². The first-order valence-corrected chi connectivity index (χ1v) is 4.05. The molecule has 0 spiro atoms. The van der Waals surface area contributed by atoms with Gasteiger partial charge in [0.15, 0.2) is 0 Å². The molecule has 0 saturated heterocycles. The normalized spacial score (nSPS) is 11.6. The number of hydrogen-bond acceptors (Lipinski definition) is 2. The molecule has 0 unspecified atom stereocenters. The average molecular weight is 157 g/mol. The van der Waals surface area contributed by atoms with Crippen LogP contribution in [0.2, 0.25) is 0 Å². The van der Waals surface area contributed by atoms with Gasteiger partial charge in [-0.2, -0.15) is 0 Å². The van der Waals surface area contributed by atoms with Gasteiger partial charge in [0.2, 0.25) is 5.70 Å². The number of nitrogens with zero attached hydrogens (tertiary/aromatic N) is 1. The molecule has 0 heterocycles. The van der Waals surface area contributed by atoms with Crippen molar-refractivity contribution in [3.63, 3.8) is 0 Å². The summed E-state index contributed by atoms with van der Waals surface area (Å²) in [6.07, 6.45) is 4.95. The number of hydrogen-bond donors (Lipinski definition) is 0. The second kappa shape index (κ2) is 5.89. The second-order valence-corrected chi connectivity index (χ2v) is 2.49. The lowest BCUT2D eigenvalue weighted by Crippen LogP contribution is -1.97. The van der Waals surface area contributed by atoms with E-state index in [9.17, 15) is 10.1 Å². The van der Waals surface area contributed by atoms with Gasteiger partial charge in [0, 0.05) is 6.42 Å². The van der Waals surface area contributed by atoms with Crippen molar-refractivity contribution >= 4 is 0 Å². The smallest absolute Gasteiger partial charge is 0.242 e. The third-order valence-electron chi connectivity index (χ3n) is 1.41. The Hall–Kier alpha value is -0.860. The molecule has 0 fully saturated rings. The monoisotopic (exact) mass is 157 g/mol. The van der Waals surface area contributed by atoms with Crippen LogP contribution in [0.1, 0.15) is 39.5 Å². The van der Waals surface area contributed by atoms with Gasteiger partial charge in [-0.05, 0) is 18.9 Å². The molecule has 0 amide bonds. The van der Waals surface area contributed by atoms with Gasteiger partial charge < -0.3 is 0 Å². The number of nitro groups is 1. The van der Waals surface area contributed by atoms with Crippen LogP contribution in [-0.2, 0) is 0 Å². The third-order valence-corrected chi connectivity index (χ3v) is 1.41. The zero-order valence-corrected chi connectivity index (χ0v) is 7.17. The Labute approximate surface area is 67.3 Å². The summed E-state index contributed by atoms with van der Waals surface area (Å²) in [4.78, 5) is 10.1. The lowest BCUT2D eigenvalue weighted by atomic mass is 10.2. The van der Waals surface area contributed by atoms with Gasteiger partial charge in [0.25, 0.3) is 0 Å². The molecule has 3 heteroatoms. The molecule has 0 atom stereocenters. The van der Waals surface area contributed by atoms with Gasteiger partial charge in [-0.3, -0.25) is 10.1 Å². The minimum atomic E-state index is -0.279. The highest BCUT2D eigenvalue weighted by Crippen LogP contribution is 2.07. The fourth-order valence-electron chi connectivity index (χ4n) is 0.835. The molecule has 0 aliphatic carbocycles. The summed E-state index contributed by atoms with van der Waals surface area (Å²) in [5.74, 6) is 0. The van der Waals surface area contributed by atoms with Crippen LogP contribution in [0.5, 0.6) is 0 Å². The quantitative estimate of drug-likeness (QED) is 0.455. The molecular formula is C8H15NO2. The van der Waals surface area contributed by atoms with Gasteiger partial charge in [-0.25, -0.2) is 0 Å². The van der Waals surface area contributed by atoms with E-state index < -0.39 is 0 Å². The van der Waals surface area contributed by atoms with Crippen LogP contribution in [0.3, 0.4) is 0 Å². The van der Waals surface area contributed by atoms with Gasteiger partial charge >= 0.3 is 0 Å². The van der Waals surface area contributed by atoms with Gasteiger partial charge in [-0.15, -0.1) is 0 Å². The molecule has 0 N–H and O–H groups in total. The highest BCUT2D eigenvalue weighted by Gasteiger charge is 2.06. The minimum Gasteiger partial charge on any atom is -0.259 e. The Morgan fingerprint density at radius 1 is 1.45 bits per heavy atom. The van der Waals surface area contributed by atoms with E-state index in [4.69, 9.17) is 0 Å². The van der Waals surface area contributed by atoms with Crippen molar-refractivity contribution < 1.29 is 4.92 Å². The van der Waals surface area contributed by atoms with E-state index in [2.05, 4.69) is 0 Å². The number of rotatable bonds is 5. The number of unbranched alkanes of at least 4 members (excludes halogenated alkanes) is 1. The lowest BCUT2D eigenvalue weighted by molar-refractivity contribution is -0.428. The van der Waals surface area contributed by atoms with Crippen LogP contribution < -0.4 is 0 Å². The summed E-state index contributed by atoms with van der Waals surface area (Å²) in [7, 11) is 0. The van der Waals surface area contributed by atoms with E-state index in [-0.39, 0.29) is 4.92 Å². The Kier molecular flexibility index (Phi) is 5.43. The molecule has 11 heavy (non-hydrogen) atoms. The summed E-state index contributed by atoms with van der Waals surface area (Å²) < 4.78 is 0. The Bertz CT molecular complexity index is 152.